The Labute approximate surface area is 126 Å². The number of non-ortho nitro benzene ring substituents is 1. The van der Waals surface area contributed by atoms with Crippen molar-refractivity contribution in [1.29, 1.82) is 0 Å². The first kappa shape index (κ1) is 15.7. The van der Waals surface area contributed by atoms with Gasteiger partial charge in [-0.2, -0.15) is 13.2 Å². The minimum absolute atomic E-state index is 0.0677. The van der Waals surface area contributed by atoms with Crippen molar-refractivity contribution in [3.63, 3.8) is 0 Å². The Morgan fingerprint density at radius 1 is 1.29 bits per heavy atom. The van der Waals surface area contributed by atoms with Crippen molar-refractivity contribution in [3.05, 3.63) is 37.8 Å². The van der Waals surface area contributed by atoms with E-state index in [1.54, 1.807) is 0 Å². The van der Waals surface area contributed by atoms with Gasteiger partial charge in [0.05, 0.1) is 4.92 Å². The Morgan fingerprint density at radius 3 is 2.48 bits per heavy atom. The van der Waals surface area contributed by atoms with E-state index in [4.69, 9.17) is 0 Å². The second-order valence-electron chi connectivity index (χ2n) is 4.61. The van der Waals surface area contributed by atoms with Gasteiger partial charge >= 0.3 is 12.1 Å². The number of amides is 1. The second-order valence-corrected chi connectivity index (χ2v) is 5.47. The van der Waals surface area contributed by atoms with Gasteiger partial charge in [-0.1, -0.05) is 15.9 Å². The zero-order chi connectivity index (χ0) is 15.8. The fourth-order valence-corrected chi connectivity index (χ4v) is 2.97. The highest BCUT2D eigenvalue weighted by Crippen LogP contribution is 2.30. The molecule has 0 unspecified atom stereocenters. The molecule has 1 heterocycles. The molecule has 0 atom stereocenters. The summed E-state index contributed by atoms with van der Waals surface area (Å²) in [5.74, 6) is -1.87. The Balaban J connectivity index is 2.27. The van der Waals surface area contributed by atoms with E-state index in [1.165, 1.54) is 12.1 Å². The van der Waals surface area contributed by atoms with Crippen LogP contribution < -0.4 is 0 Å². The fraction of sp³-hybridized carbons (Fsp3) is 0.417. The van der Waals surface area contributed by atoms with Crippen LogP contribution in [0.25, 0.3) is 0 Å². The lowest BCUT2D eigenvalue weighted by Gasteiger charge is -2.21. The van der Waals surface area contributed by atoms with Crippen LogP contribution in [0.2, 0.25) is 0 Å². The van der Waals surface area contributed by atoms with E-state index in [9.17, 15) is 28.1 Å². The number of alkyl halides is 3. The molecule has 1 aliphatic heterocycles. The molecule has 21 heavy (non-hydrogen) atoms. The molecule has 0 radical (unpaired) electrons. The van der Waals surface area contributed by atoms with E-state index in [1.807, 2.05) is 0 Å². The van der Waals surface area contributed by atoms with Crippen molar-refractivity contribution in [1.82, 2.24) is 4.90 Å². The Kier molecular flexibility index (Phi) is 4.22. The number of nitrogens with zero attached hydrogens (tertiary/aromatic N) is 2. The van der Waals surface area contributed by atoms with Crippen LogP contribution in [-0.4, -0.2) is 35.0 Å². The third-order valence-corrected chi connectivity index (χ3v) is 4.00. The minimum Gasteiger partial charge on any atom is -0.334 e. The predicted octanol–water partition coefficient (Wildman–Crippen LogP) is 2.85. The molecule has 114 valence electrons. The van der Waals surface area contributed by atoms with E-state index in [0.29, 0.717) is 15.6 Å². The van der Waals surface area contributed by atoms with Crippen LogP contribution in [-0.2, 0) is 17.6 Å². The molecule has 1 aromatic carbocycles. The van der Waals surface area contributed by atoms with Crippen molar-refractivity contribution in [2.45, 2.75) is 19.0 Å². The van der Waals surface area contributed by atoms with Gasteiger partial charge in [-0.05, 0) is 24.0 Å². The molecule has 0 aliphatic carbocycles. The number of benzene rings is 1. The van der Waals surface area contributed by atoms with Crippen molar-refractivity contribution < 1.29 is 22.9 Å². The molecule has 0 fully saturated rings. The second kappa shape index (κ2) is 5.63. The van der Waals surface area contributed by atoms with E-state index >= 15 is 0 Å². The SMILES string of the molecule is O=C(N1CCc2cc([N+](=O)[O-])cc(Br)c2CC1)C(F)(F)F. The minimum atomic E-state index is -4.90. The van der Waals surface area contributed by atoms with E-state index in [2.05, 4.69) is 15.9 Å². The molecule has 2 rings (SSSR count). The van der Waals surface area contributed by atoms with Gasteiger partial charge in [0, 0.05) is 29.7 Å². The highest BCUT2D eigenvalue weighted by atomic mass is 79.9. The maximum Gasteiger partial charge on any atom is 0.471 e. The summed E-state index contributed by atoms with van der Waals surface area (Å²) in [6.07, 6.45) is -4.53. The first-order valence-electron chi connectivity index (χ1n) is 6.02. The highest BCUT2D eigenvalue weighted by Gasteiger charge is 2.42. The Bertz CT molecular complexity index is 604. The fourth-order valence-electron chi connectivity index (χ4n) is 2.28. The zero-order valence-corrected chi connectivity index (χ0v) is 12.2. The van der Waals surface area contributed by atoms with Gasteiger partial charge < -0.3 is 4.90 Å². The van der Waals surface area contributed by atoms with Gasteiger partial charge in [0.1, 0.15) is 0 Å². The monoisotopic (exact) mass is 366 g/mol. The number of carbonyl (C=O) groups is 1. The molecule has 9 heteroatoms. The van der Waals surface area contributed by atoms with Gasteiger partial charge in [0.25, 0.3) is 5.69 Å². The van der Waals surface area contributed by atoms with E-state index in [0.717, 1.165) is 4.90 Å². The number of nitro groups is 1. The maximum absolute atomic E-state index is 12.5. The normalized spacial score (nSPS) is 15.3. The highest BCUT2D eigenvalue weighted by molar-refractivity contribution is 9.10. The van der Waals surface area contributed by atoms with Crippen LogP contribution >= 0.6 is 15.9 Å². The number of halogens is 4. The summed E-state index contributed by atoms with van der Waals surface area (Å²) in [5.41, 5.74) is 1.17. The first-order valence-corrected chi connectivity index (χ1v) is 6.81. The summed E-state index contributed by atoms with van der Waals surface area (Å²) >= 11 is 3.20. The number of hydrogen-bond donors (Lipinski definition) is 0. The number of fused-ring (bicyclic) bond motifs is 1. The van der Waals surface area contributed by atoms with Crippen LogP contribution in [0.5, 0.6) is 0 Å². The molecule has 0 saturated carbocycles. The zero-order valence-electron chi connectivity index (χ0n) is 10.6. The number of rotatable bonds is 1. The van der Waals surface area contributed by atoms with Crippen LogP contribution in [0.4, 0.5) is 18.9 Å². The van der Waals surface area contributed by atoms with Crippen LogP contribution in [0.15, 0.2) is 16.6 Å². The summed E-state index contributed by atoms with van der Waals surface area (Å²) in [6.45, 7) is -0.180. The van der Waals surface area contributed by atoms with E-state index < -0.39 is 17.0 Å². The molecule has 0 aromatic heterocycles. The van der Waals surface area contributed by atoms with Gasteiger partial charge in [0.15, 0.2) is 0 Å². The lowest BCUT2D eigenvalue weighted by atomic mass is 10.0. The third kappa shape index (κ3) is 3.34. The molecule has 1 aromatic rings. The van der Waals surface area contributed by atoms with Crippen molar-refractivity contribution in [2.24, 2.45) is 0 Å². The summed E-state index contributed by atoms with van der Waals surface area (Å²) in [5, 5.41) is 10.8. The van der Waals surface area contributed by atoms with Crippen LogP contribution in [0.3, 0.4) is 0 Å². The number of hydrogen-bond acceptors (Lipinski definition) is 3. The molecular formula is C12H10BrF3N2O3. The lowest BCUT2D eigenvalue weighted by Crippen LogP contribution is -2.42. The molecule has 0 N–H and O–H groups in total. The van der Waals surface area contributed by atoms with Gasteiger partial charge in [-0.15, -0.1) is 0 Å². The molecule has 5 nitrogen and oxygen atoms in total. The summed E-state index contributed by atoms with van der Waals surface area (Å²) in [7, 11) is 0. The van der Waals surface area contributed by atoms with Gasteiger partial charge in [0.2, 0.25) is 0 Å². The van der Waals surface area contributed by atoms with Gasteiger partial charge in [-0.3, -0.25) is 14.9 Å². The largest absolute Gasteiger partial charge is 0.471 e. The van der Waals surface area contributed by atoms with Gasteiger partial charge in [-0.25, -0.2) is 0 Å². The molecule has 0 spiro atoms. The van der Waals surface area contributed by atoms with E-state index in [-0.39, 0.29) is 31.6 Å². The number of nitro benzene ring substituents is 1. The average Bonchev–Trinajstić information content (AvgIpc) is 2.59. The average molecular weight is 367 g/mol. The Hall–Kier alpha value is -1.64. The summed E-state index contributed by atoms with van der Waals surface area (Å²) < 4.78 is 37.8. The van der Waals surface area contributed by atoms with Crippen molar-refractivity contribution >= 4 is 27.5 Å². The predicted molar refractivity (Wildman–Crippen MR) is 70.8 cm³/mol. The standard InChI is InChI=1S/C12H10BrF3N2O3/c13-10-6-8(18(20)21)5-7-1-3-17(4-2-9(7)10)11(19)12(14,15)16/h5-6H,1-4H2. The lowest BCUT2D eigenvalue weighted by molar-refractivity contribution is -0.385. The van der Waals surface area contributed by atoms with Crippen molar-refractivity contribution in [2.75, 3.05) is 13.1 Å². The summed E-state index contributed by atoms with van der Waals surface area (Å²) in [6, 6.07) is 2.67. The quantitative estimate of drug-likeness (QED) is 0.567. The molecule has 1 aliphatic rings. The number of carbonyl (C=O) groups excluding carboxylic acids is 1. The van der Waals surface area contributed by atoms with Crippen LogP contribution in [0, 0.1) is 10.1 Å². The van der Waals surface area contributed by atoms with Crippen molar-refractivity contribution in [3.8, 4) is 0 Å². The smallest absolute Gasteiger partial charge is 0.334 e. The Morgan fingerprint density at radius 2 is 1.90 bits per heavy atom. The summed E-state index contributed by atoms with van der Waals surface area (Å²) in [4.78, 5) is 22.2. The van der Waals surface area contributed by atoms with Crippen LogP contribution in [0.1, 0.15) is 11.1 Å². The molecule has 0 saturated heterocycles. The topological polar surface area (TPSA) is 63.5 Å². The molecule has 1 amide bonds. The maximum atomic E-state index is 12.5. The third-order valence-electron chi connectivity index (χ3n) is 3.30. The molecular weight excluding hydrogens is 357 g/mol. The molecule has 0 bridgehead atoms. The first-order chi connectivity index (χ1) is 9.70.